The van der Waals surface area contributed by atoms with Crippen molar-refractivity contribution in [3.05, 3.63) is 46.7 Å². The molecule has 0 aliphatic rings. The number of aromatic nitrogens is 1. The van der Waals surface area contributed by atoms with Crippen LogP contribution in [0.2, 0.25) is 0 Å². The Labute approximate surface area is 120 Å². The molecule has 1 aromatic carbocycles. The van der Waals surface area contributed by atoms with Crippen LogP contribution in [0.4, 0.5) is 9.52 Å². The lowest BCUT2D eigenvalue weighted by Gasteiger charge is -2.10. The predicted octanol–water partition coefficient (Wildman–Crippen LogP) is 2.91. The molecule has 106 valence electrons. The van der Waals surface area contributed by atoms with Crippen molar-refractivity contribution in [1.29, 1.82) is 0 Å². The molecule has 6 heteroatoms. The van der Waals surface area contributed by atoms with Crippen LogP contribution in [0, 0.1) is 5.82 Å². The van der Waals surface area contributed by atoms with E-state index in [-0.39, 0.29) is 12.3 Å². The smallest absolute Gasteiger partial charge is 0.229 e. The summed E-state index contributed by atoms with van der Waals surface area (Å²) in [6.45, 7) is 1.98. The standard InChI is InChI=1S/C14H15FN2O2S/c1-2-11-8-20-14(16-11)17-13(19)7-12(18)9-4-3-5-10(15)6-9/h3-6,8,12,18H,2,7H2,1H3,(H,16,17,19). The van der Waals surface area contributed by atoms with Gasteiger partial charge >= 0.3 is 0 Å². The van der Waals surface area contributed by atoms with E-state index >= 15 is 0 Å². The second-order valence-electron chi connectivity index (χ2n) is 4.32. The van der Waals surface area contributed by atoms with Gasteiger partial charge in [0.15, 0.2) is 5.13 Å². The number of anilines is 1. The molecule has 2 N–H and O–H groups in total. The van der Waals surface area contributed by atoms with E-state index in [0.29, 0.717) is 10.7 Å². The number of halogens is 1. The zero-order valence-corrected chi connectivity index (χ0v) is 11.8. The highest BCUT2D eigenvalue weighted by Gasteiger charge is 2.14. The molecule has 1 aromatic heterocycles. The van der Waals surface area contributed by atoms with E-state index in [4.69, 9.17) is 0 Å². The van der Waals surface area contributed by atoms with Crippen molar-refractivity contribution in [1.82, 2.24) is 4.98 Å². The molecule has 1 amide bonds. The average Bonchev–Trinajstić information content (AvgIpc) is 2.86. The van der Waals surface area contributed by atoms with E-state index in [1.165, 1.54) is 29.5 Å². The van der Waals surface area contributed by atoms with Crippen molar-refractivity contribution in [2.45, 2.75) is 25.9 Å². The number of hydrogen-bond donors (Lipinski definition) is 2. The summed E-state index contributed by atoms with van der Waals surface area (Å²) in [7, 11) is 0. The number of rotatable bonds is 5. The average molecular weight is 294 g/mol. The Morgan fingerprint density at radius 1 is 1.55 bits per heavy atom. The minimum atomic E-state index is -1.03. The molecule has 0 saturated heterocycles. The monoisotopic (exact) mass is 294 g/mol. The predicted molar refractivity (Wildman–Crippen MR) is 76.1 cm³/mol. The van der Waals surface area contributed by atoms with Crippen LogP contribution < -0.4 is 5.32 Å². The van der Waals surface area contributed by atoms with Crippen molar-refractivity contribution in [3.63, 3.8) is 0 Å². The minimum Gasteiger partial charge on any atom is -0.388 e. The van der Waals surface area contributed by atoms with Crippen LogP contribution in [0.1, 0.15) is 30.7 Å². The third-order valence-corrected chi connectivity index (χ3v) is 3.58. The fourth-order valence-corrected chi connectivity index (χ4v) is 2.51. The molecule has 0 aliphatic heterocycles. The third kappa shape index (κ3) is 3.85. The summed E-state index contributed by atoms with van der Waals surface area (Å²) in [6.07, 6.45) is -0.362. The zero-order valence-electron chi connectivity index (χ0n) is 11.0. The number of aryl methyl sites for hydroxylation is 1. The Kier molecular flexibility index (Phi) is 4.81. The molecule has 0 fully saturated rings. The molecule has 4 nitrogen and oxygen atoms in total. The van der Waals surface area contributed by atoms with E-state index in [0.717, 1.165) is 12.1 Å². The van der Waals surface area contributed by atoms with Crippen LogP contribution in [-0.2, 0) is 11.2 Å². The second kappa shape index (κ2) is 6.58. The topological polar surface area (TPSA) is 62.2 Å². The van der Waals surface area contributed by atoms with Gasteiger partial charge in [-0.2, -0.15) is 0 Å². The van der Waals surface area contributed by atoms with Crippen LogP contribution >= 0.6 is 11.3 Å². The summed E-state index contributed by atoms with van der Waals surface area (Å²) in [5.41, 5.74) is 1.30. The van der Waals surface area contributed by atoms with Gasteiger partial charge in [-0.05, 0) is 24.1 Å². The minimum absolute atomic E-state index is 0.134. The van der Waals surface area contributed by atoms with Gasteiger partial charge in [-0.3, -0.25) is 4.79 Å². The fourth-order valence-electron chi connectivity index (χ4n) is 1.70. The highest BCUT2D eigenvalue weighted by molar-refractivity contribution is 7.13. The van der Waals surface area contributed by atoms with Gasteiger partial charge in [-0.15, -0.1) is 11.3 Å². The van der Waals surface area contributed by atoms with Crippen molar-refractivity contribution in [2.24, 2.45) is 0 Å². The summed E-state index contributed by atoms with van der Waals surface area (Å²) in [5.74, 6) is -0.784. The molecule has 0 radical (unpaired) electrons. The molecular formula is C14H15FN2O2S. The largest absolute Gasteiger partial charge is 0.388 e. The van der Waals surface area contributed by atoms with Gasteiger partial charge in [0.1, 0.15) is 5.82 Å². The molecule has 0 bridgehead atoms. The number of benzene rings is 1. The van der Waals surface area contributed by atoms with Crippen LogP contribution in [0.25, 0.3) is 0 Å². The number of aliphatic hydroxyl groups excluding tert-OH is 1. The Morgan fingerprint density at radius 3 is 3.00 bits per heavy atom. The molecule has 1 unspecified atom stereocenters. The molecule has 2 rings (SSSR count). The van der Waals surface area contributed by atoms with Gasteiger partial charge < -0.3 is 10.4 Å². The molecule has 0 saturated carbocycles. The van der Waals surface area contributed by atoms with Gasteiger partial charge in [-0.1, -0.05) is 19.1 Å². The van der Waals surface area contributed by atoms with E-state index < -0.39 is 11.9 Å². The van der Waals surface area contributed by atoms with Crippen LogP contribution in [0.5, 0.6) is 0 Å². The van der Waals surface area contributed by atoms with Crippen LogP contribution in [-0.4, -0.2) is 16.0 Å². The third-order valence-electron chi connectivity index (χ3n) is 2.77. The summed E-state index contributed by atoms with van der Waals surface area (Å²) in [4.78, 5) is 16.0. The first-order chi connectivity index (χ1) is 9.58. The highest BCUT2D eigenvalue weighted by atomic mass is 32.1. The highest BCUT2D eigenvalue weighted by Crippen LogP contribution is 2.20. The van der Waals surface area contributed by atoms with Gasteiger partial charge in [0.2, 0.25) is 5.91 Å². The van der Waals surface area contributed by atoms with E-state index in [2.05, 4.69) is 10.3 Å². The van der Waals surface area contributed by atoms with Gasteiger partial charge in [-0.25, -0.2) is 9.37 Å². The van der Waals surface area contributed by atoms with Crippen molar-refractivity contribution in [3.8, 4) is 0 Å². The number of carbonyl (C=O) groups is 1. The lowest BCUT2D eigenvalue weighted by atomic mass is 10.1. The Morgan fingerprint density at radius 2 is 2.35 bits per heavy atom. The second-order valence-corrected chi connectivity index (χ2v) is 5.18. The first-order valence-electron chi connectivity index (χ1n) is 6.26. The quantitative estimate of drug-likeness (QED) is 0.891. The fraction of sp³-hybridized carbons (Fsp3) is 0.286. The zero-order chi connectivity index (χ0) is 14.5. The number of carbonyl (C=O) groups excluding carboxylic acids is 1. The lowest BCUT2D eigenvalue weighted by molar-refractivity contribution is -0.118. The summed E-state index contributed by atoms with van der Waals surface area (Å²) in [5, 5.41) is 14.9. The van der Waals surface area contributed by atoms with E-state index in [1.807, 2.05) is 12.3 Å². The Balaban J connectivity index is 1.94. The van der Waals surface area contributed by atoms with Crippen molar-refractivity contribution < 1.29 is 14.3 Å². The maximum absolute atomic E-state index is 13.0. The molecule has 20 heavy (non-hydrogen) atoms. The first-order valence-corrected chi connectivity index (χ1v) is 7.14. The Hall–Kier alpha value is -1.79. The maximum atomic E-state index is 13.0. The first kappa shape index (κ1) is 14.6. The molecule has 0 spiro atoms. The van der Waals surface area contributed by atoms with Crippen molar-refractivity contribution in [2.75, 3.05) is 5.32 Å². The number of nitrogens with zero attached hydrogens (tertiary/aromatic N) is 1. The lowest BCUT2D eigenvalue weighted by Crippen LogP contribution is -2.15. The Bertz CT molecular complexity index is 600. The van der Waals surface area contributed by atoms with Gasteiger partial charge in [0, 0.05) is 5.38 Å². The summed E-state index contributed by atoms with van der Waals surface area (Å²) in [6, 6.07) is 5.59. The van der Waals surface area contributed by atoms with Gasteiger partial charge in [0.25, 0.3) is 0 Å². The number of thiazole rings is 1. The van der Waals surface area contributed by atoms with E-state index in [1.54, 1.807) is 6.07 Å². The number of nitrogens with one attached hydrogen (secondary N) is 1. The van der Waals surface area contributed by atoms with Crippen LogP contribution in [0.15, 0.2) is 29.6 Å². The maximum Gasteiger partial charge on any atom is 0.229 e. The number of aliphatic hydroxyl groups is 1. The normalized spacial score (nSPS) is 12.2. The van der Waals surface area contributed by atoms with E-state index in [9.17, 15) is 14.3 Å². The SMILES string of the molecule is CCc1csc(NC(=O)CC(O)c2cccc(F)c2)n1. The molecule has 1 heterocycles. The molecule has 0 aliphatic carbocycles. The number of amides is 1. The number of hydrogen-bond acceptors (Lipinski definition) is 4. The van der Waals surface area contributed by atoms with Crippen LogP contribution in [0.3, 0.4) is 0 Å². The molecular weight excluding hydrogens is 279 g/mol. The van der Waals surface area contributed by atoms with Gasteiger partial charge in [0.05, 0.1) is 18.2 Å². The molecule has 2 aromatic rings. The van der Waals surface area contributed by atoms with Crippen molar-refractivity contribution >= 4 is 22.4 Å². The summed E-state index contributed by atoms with van der Waals surface area (Å²) < 4.78 is 13.0. The molecule has 1 atom stereocenters. The summed E-state index contributed by atoms with van der Waals surface area (Å²) >= 11 is 1.34.